The van der Waals surface area contributed by atoms with Crippen LogP contribution in [-0.4, -0.2) is 18.4 Å². The van der Waals surface area contributed by atoms with Crippen molar-refractivity contribution in [2.24, 2.45) is 0 Å². The topological polar surface area (TPSA) is 43.4 Å². The van der Waals surface area contributed by atoms with E-state index in [1.54, 1.807) is 30.3 Å². The Morgan fingerprint density at radius 2 is 1.75 bits per heavy atom. The van der Waals surface area contributed by atoms with Crippen LogP contribution < -0.4 is 0 Å². The molecule has 0 radical (unpaired) electrons. The first-order valence-electron chi connectivity index (χ1n) is 5.79. The molecule has 5 heteroatoms. The quantitative estimate of drug-likeness (QED) is 0.640. The highest BCUT2D eigenvalue weighted by atomic mass is 35.5. The summed E-state index contributed by atoms with van der Waals surface area (Å²) < 4.78 is 18.3. The van der Waals surface area contributed by atoms with E-state index in [9.17, 15) is 14.0 Å². The van der Waals surface area contributed by atoms with Crippen molar-refractivity contribution in [2.75, 3.05) is 6.61 Å². The van der Waals surface area contributed by atoms with Gasteiger partial charge in [0.25, 0.3) is 0 Å². The lowest BCUT2D eigenvalue weighted by Gasteiger charge is -2.06. The number of halogens is 2. The number of rotatable bonds is 4. The van der Waals surface area contributed by atoms with Gasteiger partial charge in [-0.3, -0.25) is 4.79 Å². The predicted molar refractivity (Wildman–Crippen MR) is 72.5 cm³/mol. The maximum absolute atomic E-state index is 13.5. The monoisotopic (exact) mass is 292 g/mol. The molecule has 0 N–H and O–H groups in total. The van der Waals surface area contributed by atoms with Crippen molar-refractivity contribution in [1.29, 1.82) is 0 Å². The van der Waals surface area contributed by atoms with Gasteiger partial charge in [0.1, 0.15) is 11.4 Å². The van der Waals surface area contributed by atoms with Crippen molar-refractivity contribution in [3.8, 4) is 0 Å². The second-order valence-corrected chi connectivity index (χ2v) is 4.37. The van der Waals surface area contributed by atoms with Crippen LogP contribution in [0, 0.1) is 5.82 Å². The van der Waals surface area contributed by atoms with Crippen LogP contribution in [0.1, 0.15) is 20.7 Å². The number of carbonyl (C=O) groups excluding carboxylic acids is 2. The minimum absolute atomic E-state index is 0.0536. The summed E-state index contributed by atoms with van der Waals surface area (Å²) in [4.78, 5) is 23.5. The Balaban J connectivity index is 2.05. The van der Waals surface area contributed by atoms with Crippen molar-refractivity contribution in [3.63, 3.8) is 0 Å². The van der Waals surface area contributed by atoms with E-state index in [1.165, 1.54) is 12.1 Å². The molecule has 0 saturated carbocycles. The van der Waals surface area contributed by atoms with E-state index in [1.807, 2.05) is 0 Å². The summed E-state index contributed by atoms with van der Waals surface area (Å²) in [6.07, 6.45) is 0. The molecule has 0 aromatic heterocycles. The molecule has 0 aliphatic heterocycles. The fraction of sp³-hybridized carbons (Fsp3) is 0.0667. The summed E-state index contributed by atoms with van der Waals surface area (Å²) in [5, 5.41) is -0.0536. The highest BCUT2D eigenvalue weighted by molar-refractivity contribution is 6.33. The number of ether oxygens (including phenoxy) is 1. The number of Topliss-reactive ketones (excluding diaryl/α,β-unsaturated/α-hetero) is 1. The van der Waals surface area contributed by atoms with Gasteiger partial charge >= 0.3 is 5.97 Å². The van der Waals surface area contributed by atoms with Crippen LogP contribution in [-0.2, 0) is 4.74 Å². The number of ketones is 1. The Morgan fingerprint density at radius 3 is 2.40 bits per heavy atom. The molecule has 102 valence electrons. The summed E-state index contributed by atoms with van der Waals surface area (Å²) in [5.41, 5.74) is 0.0509. The zero-order valence-corrected chi connectivity index (χ0v) is 11.1. The van der Waals surface area contributed by atoms with Gasteiger partial charge in [-0.2, -0.15) is 0 Å². The lowest BCUT2D eigenvalue weighted by Crippen LogP contribution is -2.15. The fourth-order valence-electron chi connectivity index (χ4n) is 1.60. The molecule has 0 aliphatic carbocycles. The van der Waals surface area contributed by atoms with Crippen molar-refractivity contribution in [1.82, 2.24) is 0 Å². The van der Waals surface area contributed by atoms with E-state index >= 15 is 0 Å². The molecule has 0 fully saturated rings. The molecule has 2 rings (SSSR count). The second kappa shape index (κ2) is 6.30. The van der Waals surface area contributed by atoms with Crippen molar-refractivity contribution >= 4 is 23.4 Å². The van der Waals surface area contributed by atoms with Gasteiger partial charge in [0, 0.05) is 5.56 Å². The SMILES string of the molecule is O=C(COC(=O)c1c(F)cccc1Cl)c1ccccc1. The molecule has 0 unspecified atom stereocenters. The smallest absolute Gasteiger partial charge is 0.343 e. The van der Waals surface area contributed by atoms with E-state index in [4.69, 9.17) is 16.3 Å². The normalized spacial score (nSPS) is 10.1. The number of benzene rings is 2. The zero-order valence-electron chi connectivity index (χ0n) is 10.3. The maximum atomic E-state index is 13.5. The van der Waals surface area contributed by atoms with Gasteiger partial charge in [-0.05, 0) is 12.1 Å². The van der Waals surface area contributed by atoms with Gasteiger partial charge in [0.2, 0.25) is 0 Å². The van der Waals surface area contributed by atoms with Crippen molar-refractivity contribution in [2.45, 2.75) is 0 Å². The first-order chi connectivity index (χ1) is 9.59. The summed E-state index contributed by atoms with van der Waals surface area (Å²) in [6.45, 7) is -0.465. The van der Waals surface area contributed by atoms with Crippen LogP contribution in [0.25, 0.3) is 0 Å². The van der Waals surface area contributed by atoms with E-state index in [0.717, 1.165) is 6.07 Å². The largest absolute Gasteiger partial charge is 0.454 e. The molecule has 0 spiro atoms. The Kier molecular flexibility index (Phi) is 4.48. The lowest BCUT2D eigenvalue weighted by molar-refractivity contribution is 0.0470. The number of esters is 1. The molecule has 0 atom stereocenters. The molecule has 0 bridgehead atoms. The fourth-order valence-corrected chi connectivity index (χ4v) is 1.84. The minimum Gasteiger partial charge on any atom is -0.454 e. The van der Waals surface area contributed by atoms with E-state index in [-0.39, 0.29) is 16.4 Å². The van der Waals surface area contributed by atoms with Gasteiger partial charge in [0.15, 0.2) is 12.4 Å². The molecule has 2 aromatic rings. The van der Waals surface area contributed by atoms with E-state index in [2.05, 4.69) is 0 Å². The molecule has 0 heterocycles. The Hall–Kier alpha value is -2.20. The summed E-state index contributed by atoms with van der Waals surface area (Å²) in [7, 11) is 0. The molecule has 2 aromatic carbocycles. The minimum atomic E-state index is -0.961. The molecule has 0 aliphatic rings. The number of hydrogen-bond acceptors (Lipinski definition) is 3. The first kappa shape index (κ1) is 14.2. The second-order valence-electron chi connectivity index (χ2n) is 3.96. The van der Waals surface area contributed by atoms with Crippen LogP contribution in [0.3, 0.4) is 0 Å². The molecular weight excluding hydrogens is 283 g/mol. The molecule has 3 nitrogen and oxygen atoms in total. The van der Waals surface area contributed by atoms with Crippen LogP contribution in [0.2, 0.25) is 5.02 Å². The number of hydrogen-bond donors (Lipinski definition) is 0. The average Bonchev–Trinajstić information content (AvgIpc) is 2.45. The van der Waals surface area contributed by atoms with Gasteiger partial charge in [-0.15, -0.1) is 0 Å². The standard InChI is InChI=1S/C15H10ClFO3/c16-11-7-4-8-12(17)14(11)15(19)20-9-13(18)10-5-2-1-3-6-10/h1-8H,9H2. The van der Waals surface area contributed by atoms with Crippen LogP contribution >= 0.6 is 11.6 Å². The lowest BCUT2D eigenvalue weighted by atomic mass is 10.1. The Bertz CT molecular complexity index is 621. The van der Waals surface area contributed by atoms with Crippen molar-refractivity contribution < 1.29 is 18.7 Å². The van der Waals surface area contributed by atoms with Gasteiger partial charge in [-0.25, -0.2) is 9.18 Å². The summed E-state index contributed by atoms with van der Waals surface area (Å²) >= 11 is 5.73. The van der Waals surface area contributed by atoms with Gasteiger partial charge < -0.3 is 4.74 Å². The van der Waals surface area contributed by atoms with Crippen molar-refractivity contribution in [3.05, 3.63) is 70.5 Å². The van der Waals surface area contributed by atoms with Crippen LogP contribution in [0.4, 0.5) is 4.39 Å². The first-order valence-corrected chi connectivity index (χ1v) is 6.17. The molecule has 0 amide bonds. The number of carbonyl (C=O) groups is 2. The Labute approximate surface area is 119 Å². The Morgan fingerprint density at radius 1 is 1.05 bits per heavy atom. The highest BCUT2D eigenvalue weighted by Crippen LogP contribution is 2.19. The summed E-state index contributed by atoms with van der Waals surface area (Å²) in [6, 6.07) is 12.2. The van der Waals surface area contributed by atoms with Gasteiger partial charge in [-0.1, -0.05) is 48.0 Å². The van der Waals surface area contributed by atoms with Gasteiger partial charge in [0.05, 0.1) is 5.02 Å². The zero-order chi connectivity index (χ0) is 14.5. The van der Waals surface area contributed by atoms with Crippen LogP contribution in [0.5, 0.6) is 0 Å². The third-order valence-corrected chi connectivity index (χ3v) is 2.91. The summed E-state index contributed by atoms with van der Waals surface area (Å²) in [5.74, 6) is -2.11. The third kappa shape index (κ3) is 3.22. The highest BCUT2D eigenvalue weighted by Gasteiger charge is 2.18. The molecular formula is C15H10ClFO3. The van der Waals surface area contributed by atoms with Crippen LogP contribution in [0.15, 0.2) is 48.5 Å². The van der Waals surface area contributed by atoms with E-state index < -0.39 is 18.4 Å². The predicted octanol–water partition coefficient (Wildman–Crippen LogP) is 3.52. The molecule has 0 saturated heterocycles. The molecule has 20 heavy (non-hydrogen) atoms. The van der Waals surface area contributed by atoms with E-state index in [0.29, 0.717) is 5.56 Å². The average molecular weight is 293 g/mol. The maximum Gasteiger partial charge on any atom is 0.343 e. The third-order valence-electron chi connectivity index (χ3n) is 2.60.